The number of hydrogen-bond donors (Lipinski definition) is 3. The summed E-state index contributed by atoms with van der Waals surface area (Å²) in [5.41, 5.74) is 7.11. The Labute approximate surface area is 195 Å². The van der Waals surface area contributed by atoms with Crippen LogP contribution >= 0.6 is 11.6 Å². The summed E-state index contributed by atoms with van der Waals surface area (Å²) in [4.78, 5) is 53.7. The number of anilines is 2. The molecule has 2 fully saturated rings. The van der Waals surface area contributed by atoms with E-state index >= 15 is 0 Å². The minimum Gasteiger partial charge on any atom is -0.370 e. The summed E-state index contributed by atoms with van der Waals surface area (Å²) < 4.78 is 0. The van der Waals surface area contributed by atoms with Gasteiger partial charge in [-0.25, -0.2) is 4.90 Å². The number of nitrogens with zero attached hydrogens (tertiary/aromatic N) is 1. The van der Waals surface area contributed by atoms with Gasteiger partial charge < -0.3 is 11.1 Å². The first-order valence-electron chi connectivity index (χ1n) is 10.8. The van der Waals surface area contributed by atoms with Gasteiger partial charge in [-0.15, -0.1) is 0 Å². The molecule has 3 aliphatic heterocycles. The fourth-order valence-electron chi connectivity index (χ4n) is 5.56. The molecular formula is C24H23ClN4O4. The standard InChI is InChI=1S/C24H23ClN4O4/c1-11-4-3-5-13(10-11)29-21(31)18-16(8-9-17(26)30)28-24(19(18)22(29)32)14-6-7-15(25)12(2)20(14)27-23(24)33/h3-7,10,16,18-19,28H,8-9H2,1-2H3,(H2,26,30)(H,27,33)/t16-,18-,19+,24-/m1/s1. The van der Waals surface area contributed by atoms with Crippen molar-refractivity contribution in [2.24, 2.45) is 17.6 Å². The van der Waals surface area contributed by atoms with Crippen molar-refractivity contribution >= 4 is 46.6 Å². The van der Waals surface area contributed by atoms with Crippen LogP contribution in [0.1, 0.15) is 29.5 Å². The van der Waals surface area contributed by atoms with Crippen LogP contribution in [0.2, 0.25) is 5.02 Å². The number of halogens is 1. The summed E-state index contributed by atoms with van der Waals surface area (Å²) in [6.45, 7) is 3.67. The fraction of sp³-hybridized carbons (Fsp3) is 0.333. The Kier molecular flexibility index (Phi) is 4.84. The normalized spacial score (nSPS) is 27.8. The van der Waals surface area contributed by atoms with Crippen molar-refractivity contribution in [1.82, 2.24) is 5.32 Å². The Bertz CT molecular complexity index is 1240. The highest BCUT2D eigenvalue weighted by molar-refractivity contribution is 6.32. The minimum atomic E-state index is -1.44. The van der Waals surface area contributed by atoms with Gasteiger partial charge >= 0.3 is 0 Å². The summed E-state index contributed by atoms with van der Waals surface area (Å²) in [7, 11) is 0. The lowest BCUT2D eigenvalue weighted by molar-refractivity contribution is -0.130. The topological polar surface area (TPSA) is 122 Å². The molecule has 8 nitrogen and oxygen atoms in total. The number of nitrogens with one attached hydrogen (secondary N) is 2. The maximum atomic E-state index is 13.8. The molecule has 4 N–H and O–H groups in total. The van der Waals surface area contributed by atoms with Gasteiger partial charge in [0.05, 0.1) is 23.2 Å². The number of fused-ring (bicyclic) bond motifs is 4. The van der Waals surface area contributed by atoms with Gasteiger partial charge in [0.25, 0.3) is 0 Å². The van der Waals surface area contributed by atoms with Gasteiger partial charge in [0, 0.05) is 23.0 Å². The van der Waals surface area contributed by atoms with Crippen molar-refractivity contribution in [2.45, 2.75) is 38.3 Å². The van der Waals surface area contributed by atoms with Crippen LogP contribution in [-0.4, -0.2) is 29.7 Å². The summed E-state index contributed by atoms with van der Waals surface area (Å²) >= 11 is 6.28. The predicted octanol–water partition coefficient (Wildman–Crippen LogP) is 2.15. The molecule has 0 aliphatic carbocycles. The Hall–Kier alpha value is -3.23. The fourth-order valence-corrected chi connectivity index (χ4v) is 5.71. The third-order valence-corrected chi connectivity index (χ3v) is 7.46. The molecule has 33 heavy (non-hydrogen) atoms. The molecule has 0 saturated carbocycles. The molecule has 3 heterocycles. The van der Waals surface area contributed by atoms with Crippen molar-refractivity contribution in [3.8, 4) is 0 Å². The average molecular weight is 467 g/mol. The molecule has 4 amide bonds. The molecular weight excluding hydrogens is 444 g/mol. The third kappa shape index (κ3) is 2.94. The highest BCUT2D eigenvalue weighted by atomic mass is 35.5. The second-order valence-electron chi connectivity index (χ2n) is 8.97. The maximum absolute atomic E-state index is 13.8. The van der Waals surface area contributed by atoms with E-state index in [0.717, 1.165) is 5.56 Å². The van der Waals surface area contributed by atoms with Crippen molar-refractivity contribution in [3.63, 3.8) is 0 Å². The van der Waals surface area contributed by atoms with Gasteiger partial charge in [0.2, 0.25) is 23.6 Å². The first kappa shape index (κ1) is 21.6. The Morgan fingerprint density at radius 3 is 2.61 bits per heavy atom. The second-order valence-corrected chi connectivity index (χ2v) is 9.37. The van der Waals surface area contributed by atoms with E-state index < -0.39 is 41.1 Å². The molecule has 2 aromatic carbocycles. The minimum absolute atomic E-state index is 0.0248. The predicted molar refractivity (Wildman–Crippen MR) is 123 cm³/mol. The SMILES string of the molecule is Cc1cccc(N2C(=O)[C@H]3[C@@H](C2=O)[C@@]2(N[C@@H]3CCC(N)=O)C(=O)Nc3c2ccc(Cl)c3C)c1. The number of hydrogen-bond acceptors (Lipinski definition) is 5. The molecule has 0 radical (unpaired) electrons. The van der Waals surface area contributed by atoms with Crippen LogP contribution in [0.5, 0.6) is 0 Å². The number of aryl methyl sites for hydroxylation is 1. The average Bonchev–Trinajstić information content (AvgIpc) is 3.34. The number of carbonyl (C=O) groups is 4. The number of rotatable bonds is 4. The Balaban J connectivity index is 1.67. The van der Waals surface area contributed by atoms with Gasteiger partial charge in [0.15, 0.2) is 0 Å². The van der Waals surface area contributed by atoms with Crippen LogP contribution < -0.4 is 21.3 Å². The van der Waals surface area contributed by atoms with Crippen LogP contribution in [0.15, 0.2) is 36.4 Å². The first-order valence-corrected chi connectivity index (χ1v) is 11.2. The van der Waals surface area contributed by atoms with E-state index in [0.29, 0.717) is 27.5 Å². The summed E-state index contributed by atoms with van der Waals surface area (Å²) in [6, 6.07) is 9.95. The number of nitrogens with two attached hydrogens (primary N) is 1. The quantitative estimate of drug-likeness (QED) is 0.596. The van der Waals surface area contributed by atoms with E-state index in [9.17, 15) is 19.2 Å². The van der Waals surface area contributed by atoms with Gasteiger partial charge in [-0.05, 0) is 49.6 Å². The van der Waals surface area contributed by atoms with Crippen LogP contribution in [0.4, 0.5) is 11.4 Å². The third-order valence-electron chi connectivity index (χ3n) is 7.05. The number of imide groups is 1. The van der Waals surface area contributed by atoms with Crippen LogP contribution in [-0.2, 0) is 24.7 Å². The van der Waals surface area contributed by atoms with E-state index in [4.69, 9.17) is 17.3 Å². The van der Waals surface area contributed by atoms with Gasteiger partial charge in [-0.2, -0.15) is 0 Å². The molecule has 4 atom stereocenters. The zero-order chi connectivity index (χ0) is 23.7. The zero-order valence-electron chi connectivity index (χ0n) is 18.1. The van der Waals surface area contributed by atoms with Gasteiger partial charge in [-0.3, -0.25) is 24.5 Å². The van der Waals surface area contributed by atoms with E-state index in [-0.39, 0.29) is 18.7 Å². The molecule has 0 aromatic heterocycles. The number of amides is 4. The second kappa shape index (κ2) is 7.40. The molecule has 9 heteroatoms. The van der Waals surface area contributed by atoms with E-state index in [1.54, 1.807) is 37.3 Å². The van der Waals surface area contributed by atoms with Crippen LogP contribution in [0.25, 0.3) is 0 Å². The highest BCUT2D eigenvalue weighted by Gasteiger charge is 2.70. The number of carbonyl (C=O) groups excluding carboxylic acids is 4. The van der Waals surface area contributed by atoms with E-state index in [1.807, 2.05) is 13.0 Å². The summed E-state index contributed by atoms with van der Waals surface area (Å²) in [5.74, 6) is -3.54. The maximum Gasteiger partial charge on any atom is 0.250 e. The zero-order valence-corrected chi connectivity index (χ0v) is 18.9. The largest absolute Gasteiger partial charge is 0.370 e. The molecule has 0 bridgehead atoms. The summed E-state index contributed by atoms with van der Waals surface area (Å²) in [6.07, 6.45) is 0.255. The van der Waals surface area contributed by atoms with Crippen molar-refractivity contribution in [2.75, 3.05) is 10.2 Å². The molecule has 170 valence electrons. The van der Waals surface area contributed by atoms with Gasteiger partial charge in [0.1, 0.15) is 5.54 Å². The molecule has 2 saturated heterocycles. The van der Waals surface area contributed by atoms with Crippen molar-refractivity contribution in [3.05, 3.63) is 58.1 Å². The molecule has 0 unspecified atom stereocenters. The first-order chi connectivity index (χ1) is 15.7. The lowest BCUT2D eigenvalue weighted by Gasteiger charge is -2.29. The van der Waals surface area contributed by atoms with E-state index in [2.05, 4.69) is 10.6 Å². The summed E-state index contributed by atoms with van der Waals surface area (Å²) in [5, 5.41) is 6.65. The monoisotopic (exact) mass is 466 g/mol. The highest BCUT2D eigenvalue weighted by Crippen LogP contribution is 2.55. The molecule has 1 spiro atoms. The van der Waals surface area contributed by atoms with Crippen LogP contribution in [0, 0.1) is 25.7 Å². The molecule has 2 aromatic rings. The van der Waals surface area contributed by atoms with Crippen molar-refractivity contribution in [1.29, 1.82) is 0 Å². The van der Waals surface area contributed by atoms with E-state index in [1.165, 1.54) is 4.90 Å². The van der Waals surface area contributed by atoms with Crippen LogP contribution in [0.3, 0.4) is 0 Å². The lowest BCUT2D eigenvalue weighted by Crippen LogP contribution is -2.53. The van der Waals surface area contributed by atoms with Crippen molar-refractivity contribution < 1.29 is 19.2 Å². The molecule has 3 aliphatic rings. The molecule has 5 rings (SSSR count). The smallest absolute Gasteiger partial charge is 0.250 e. The Morgan fingerprint density at radius 1 is 1.15 bits per heavy atom. The number of benzene rings is 2. The van der Waals surface area contributed by atoms with Gasteiger partial charge in [-0.1, -0.05) is 29.8 Å². The Morgan fingerprint density at radius 2 is 1.91 bits per heavy atom. The lowest BCUT2D eigenvalue weighted by atomic mass is 9.76. The number of primary amides is 1.